The van der Waals surface area contributed by atoms with Gasteiger partial charge in [-0.3, -0.25) is 0 Å². The summed E-state index contributed by atoms with van der Waals surface area (Å²) in [5.41, 5.74) is 5.24. The maximum absolute atomic E-state index is 5.75. The first-order valence-corrected chi connectivity index (χ1v) is 7.97. The zero-order chi connectivity index (χ0) is 15.4. The predicted octanol–water partition coefficient (Wildman–Crippen LogP) is 3.65. The maximum atomic E-state index is 5.75. The highest BCUT2D eigenvalue weighted by Crippen LogP contribution is 2.29. The third kappa shape index (κ3) is 3.60. The molecule has 22 heavy (non-hydrogen) atoms. The molecule has 0 saturated carbocycles. The Hall–Kier alpha value is -2.00. The zero-order valence-corrected chi connectivity index (χ0v) is 13.4. The van der Waals surface area contributed by atoms with Gasteiger partial charge in [0, 0.05) is 18.8 Å². The molecule has 1 heterocycles. The normalized spacial score (nSPS) is 13.6. The fourth-order valence-electron chi connectivity index (χ4n) is 2.74. The molecule has 0 bridgehead atoms. The van der Waals surface area contributed by atoms with Gasteiger partial charge in [0.15, 0.2) is 0 Å². The highest BCUT2D eigenvalue weighted by atomic mass is 16.5. The van der Waals surface area contributed by atoms with Gasteiger partial charge >= 0.3 is 0 Å². The topological polar surface area (TPSA) is 24.5 Å². The Bertz CT molecular complexity index is 620. The second-order valence-electron chi connectivity index (χ2n) is 6.08. The molecule has 0 aliphatic carbocycles. The summed E-state index contributed by atoms with van der Waals surface area (Å²) in [6.07, 6.45) is 2.39. The average Bonchev–Trinajstić information content (AvgIpc) is 2.55. The van der Waals surface area contributed by atoms with Gasteiger partial charge in [-0.25, -0.2) is 0 Å². The van der Waals surface area contributed by atoms with Gasteiger partial charge in [-0.15, -0.1) is 0 Å². The van der Waals surface area contributed by atoms with E-state index in [1.54, 1.807) is 0 Å². The Morgan fingerprint density at radius 3 is 2.59 bits per heavy atom. The molecule has 3 rings (SSSR count). The van der Waals surface area contributed by atoms with Crippen molar-refractivity contribution in [2.24, 2.45) is 0 Å². The minimum atomic E-state index is 0.719. The summed E-state index contributed by atoms with van der Waals surface area (Å²) in [7, 11) is 4.11. The standard InChI is InChI=1S/C19H24N2O/c1-21(2)12-13-22-18-8-5-15(6-9-18)16-7-10-19-17(14-16)4-3-11-20-19/h5-10,14,20H,3-4,11-13H2,1-2H3. The minimum Gasteiger partial charge on any atom is -0.492 e. The van der Waals surface area contributed by atoms with Crippen LogP contribution in [0.15, 0.2) is 42.5 Å². The Balaban J connectivity index is 1.70. The van der Waals surface area contributed by atoms with Crippen LogP contribution in [-0.4, -0.2) is 38.7 Å². The summed E-state index contributed by atoms with van der Waals surface area (Å²) in [6, 6.07) is 15.1. The second-order valence-corrected chi connectivity index (χ2v) is 6.08. The molecule has 0 aromatic heterocycles. The van der Waals surface area contributed by atoms with Crippen LogP contribution in [0, 0.1) is 0 Å². The molecule has 2 aromatic rings. The number of benzene rings is 2. The summed E-state index contributed by atoms with van der Waals surface area (Å²) in [4.78, 5) is 2.12. The van der Waals surface area contributed by atoms with E-state index in [0.29, 0.717) is 0 Å². The molecule has 0 unspecified atom stereocenters. The van der Waals surface area contributed by atoms with E-state index in [0.717, 1.165) is 25.4 Å². The lowest BCUT2D eigenvalue weighted by molar-refractivity contribution is 0.261. The fourth-order valence-corrected chi connectivity index (χ4v) is 2.74. The highest BCUT2D eigenvalue weighted by Gasteiger charge is 2.09. The second kappa shape index (κ2) is 6.84. The smallest absolute Gasteiger partial charge is 0.119 e. The number of nitrogens with zero attached hydrogens (tertiary/aromatic N) is 1. The van der Waals surface area contributed by atoms with Crippen LogP contribution < -0.4 is 10.1 Å². The molecule has 0 amide bonds. The van der Waals surface area contributed by atoms with Gasteiger partial charge in [0.2, 0.25) is 0 Å². The molecule has 0 radical (unpaired) electrons. The molecule has 0 atom stereocenters. The fraction of sp³-hybridized carbons (Fsp3) is 0.368. The number of fused-ring (bicyclic) bond motifs is 1. The number of aryl methyl sites for hydroxylation is 1. The molecular weight excluding hydrogens is 272 g/mol. The molecule has 0 spiro atoms. The van der Waals surface area contributed by atoms with Crippen molar-refractivity contribution in [2.45, 2.75) is 12.8 Å². The molecule has 1 N–H and O–H groups in total. The SMILES string of the molecule is CN(C)CCOc1ccc(-c2ccc3c(c2)CCCN3)cc1. The number of ether oxygens (including phenoxy) is 1. The monoisotopic (exact) mass is 296 g/mol. The summed E-state index contributed by atoms with van der Waals surface area (Å²) in [5, 5.41) is 3.46. The first-order valence-electron chi connectivity index (χ1n) is 7.97. The van der Waals surface area contributed by atoms with Gasteiger partial charge in [0.25, 0.3) is 0 Å². The van der Waals surface area contributed by atoms with Crippen LogP contribution in [0.2, 0.25) is 0 Å². The van der Waals surface area contributed by atoms with E-state index in [2.05, 4.69) is 66.8 Å². The zero-order valence-electron chi connectivity index (χ0n) is 13.4. The van der Waals surface area contributed by atoms with E-state index >= 15 is 0 Å². The lowest BCUT2D eigenvalue weighted by Crippen LogP contribution is -2.19. The van der Waals surface area contributed by atoms with Crippen LogP contribution in [0.25, 0.3) is 11.1 Å². The van der Waals surface area contributed by atoms with Crippen LogP contribution in [0.5, 0.6) is 5.75 Å². The lowest BCUT2D eigenvalue weighted by Gasteiger charge is -2.18. The molecule has 1 aliphatic heterocycles. The quantitative estimate of drug-likeness (QED) is 0.911. The third-order valence-electron chi connectivity index (χ3n) is 4.04. The van der Waals surface area contributed by atoms with Crippen molar-refractivity contribution in [3.8, 4) is 16.9 Å². The van der Waals surface area contributed by atoms with Crippen LogP contribution in [0.3, 0.4) is 0 Å². The third-order valence-corrected chi connectivity index (χ3v) is 4.04. The summed E-state index contributed by atoms with van der Waals surface area (Å²) >= 11 is 0. The Morgan fingerprint density at radius 2 is 1.82 bits per heavy atom. The van der Waals surface area contributed by atoms with Crippen molar-refractivity contribution in [3.63, 3.8) is 0 Å². The Labute approximate surface area is 132 Å². The van der Waals surface area contributed by atoms with E-state index in [9.17, 15) is 0 Å². The van der Waals surface area contributed by atoms with Crippen molar-refractivity contribution < 1.29 is 4.74 Å². The average molecular weight is 296 g/mol. The van der Waals surface area contributed by atoms with E-state index in [-0.39, 0.29) is 0 Å². The van der Waals surface area contributed by atoms with Crippen LogP contribution >= 0.6 is 0 Å². The molecule has 2 aromatic carbocycles. The molecule has 116 valence electrons. The predicted molar refractivity (Wildman–Crippen MR) is 92.7 cm³/mol. The van der Waals surface area contributed by atoms with Crippen molar-refractivity contribution >= 4 is 5.69 Å². The van der Waals surface area contributed by atoms with Crippen molar-refractivity contribution in [1.82, 2.24) is 4.90 Å². The summed E-state index contributed by atoms with van der Waals surface area (Å²) in [5.74, 6) is 0.935. The van der Waals surface area contributed by atoms with Gasteiger partial charge < -0.3 is 15.0 Å². The van der Waals surface area contributed by atoms with Gasteiger partial charge in [0.05, 0.1) is 0 Å². The number of likely N-dealkylation sites (N-methyl/N-ethyl adjacent to an activating group) is 1. The molecule has 0 saturated heterocycles. The van der Waals surface area contributed by atoms with E-state index in [1.807, 2.05) is 0 Å². The van der Waals surface area contributed by atoms with Gasteiger partial charge in [-0.2, -0.15) is 0 Å². The summed E-state index contributed by atoms with van der Waals surface area (Å²) in [6.45, 7) is 2.74. The first kappa shape index (κ1) is 14.9. The Morgan fingerprint density at radius 1 is 1.05 bits per heavy atom. The molecule has 3 nitrogen and oxygen atoms in total. The lowest BCUT2D eigenvalue weighted by atomic mass is 9.97. The van der Waals surface area contributed by atoms with Crippen molar-refractivity contribution in [1.29, 1.82) is 0 Å². The van der Waals surface area contributed by atoms with Crippen LogP contribution in [-0.2, 0) is 6.42 Å². The van der Waals surface area contributed by atoms with Crippen LogP contribution in [0.1, 0.15) is 12.0 Å². The number of nitrogens with one attached hydrogen (secondary N) is 1. The highest BCUT2D eigenvalue weighted by molar-refractivity contribution is 5.69. The van der Waals surface area contributed by atoms with Gasteiger partial charge in [0.1, 0.15) is 12.4 Å². The van der Waals surface area contributed by atoms with Gasteiger partial charge in [-0.05, 0) is 67.9 Å². The number of anilines is 1. The molecule has 0 fully saturated rings. The molecule has 3 heteroatoms. The number of hydrogen-bond donors (Lipinski definition) is 1. The van der Waals surface area contributed by atoms with Crippen LogP contribution in [0.4, 0.5) is 5.69 Å². The maximum Gasteiger partial charge on any atom is 0.119 e. The molecular formula is C19H24N2O. The minimum absolute atomic E-state index is 0.719. The summed E-state index contributed by atoms with van der Waals surface area (Å²) < 4.78 is 5.75. The van der Waals surface area contributed by atoms with E-state index < -0.39 is 0 Å². The largest absolute Gasteiger partial charge is 0.492 e. The van der Waals surface area contributed by atoms with E-state index in [4.69, 9.17) is 4.74 Å². The number of hydrogen-bond acceptors (Lipinski definition) is 3. The number of rotatable bonds is 5. The Kier molecular flexibility index (Phi) is 4.64. The molecule has 1 aliphatic rings. The van der Waals surface area contributed by atoms with Crippen molar-refractivity contribution in [3.05, 3.63) is 48.0 Å². The van der Waals surface area contributed by atoms with Gasteiger partial charge in [-0.1, -0.05) is 18.2 Å². The van der Waals surface area contributed by atoms with E-state index in [1.165, 1.54) is 35.2 Å². The first-order chi connectivity index (χ1) is 10.7. The van der Waals surface area contributed by atoms with Crippen molar-refractivity contribution in [2.75, 3.05) is 39.1 Å².